The third-order valence-electron chi connectivity index (χ3n) is 3.39. The maximum absolute atomic E-state index is 4.77. The number of nitrogens with zero attached hydrogens (tertiary/aromatic N) is 3. The average Bonchev–Trinajstić information content (AvgIpc) is 2.38. The maximum Gasteiger partial charge on any atom is 0.150 e. The van der Waals surface area contributed by atoms with E-state index in [0.29, 0.717) is 6.04 Å². The van der Waals surface area contributed by atoms with Gasteiger partial charge in [-0.3, -0.25) is 0 Å². The number of aryl methyl sites for hydroxylation is 1. The second-order valence-electron chi connectivity index (χ2n) is 4.92. The Morgan fingerprint density at radius 3 is 2.67 bits per heavy atom. The lowest BCUT2D eigenvalue weighted by molar-refractivity contribution is 0.481. The normalized spacial score (nSPS) is 20.3. The van der Waals surface area contributed by atoms with Gasteiger partial charge in [-0.1, -0.05) is 12.1 Å². The number of nitrogens with one attached hydrogen (secondary N) is 1. The van der Waals surface area contributed by atoms with Crippen LogP contribution in [0.2, 0.25) is 0 Å². The summed E-state index contributed by atoms with van der Waals surface area (Å²) in [6, 6.07) is 8.56. The molecule has 94 valence electrons. The standard InChI is InChI=1S/C14H18N4/c1-10-9-18(8-7-15-10)14-11(2)16-12-5-3-4-6-13(12)17-14/h3-6,10,15H,7-9H2,1-2H3/t10-/m1/s1. The fourth-order valence-electron chi connectivity index (χ4n) is 2.50. The van der Waals surface area contributed by atoms with Crippen LogP contribution in [0.1, 0.15) is 12.6 Å². The molecule has 1 aromatic heterocycles. The second kappa shape index (κ2) is 4.53. The molecule has 1 N–H and O–H groups in total. The van der Waals surface area contributed by atoms with Crippen molar-refractivity contribution in [1.82, 2.24) is 15.3 Å². The van der Waals surface area contributed by atoms with Crippen molar-refractivity contribution in [2.24, 2.45) is 0 Å². The van der Waals surface area contributed by atoms with E-state index in [1.807, 2.05) is 31.2 Å². The largest absolute Gasteiger partial charge is 0.352 e. The van der Waals surface area contributed by atoms with Gasteiger partial charge < -0.3 is 10.2 Å². The molecule has 4 heteroatoms. The summed E-state index contributed by atoms with van der Waals surface area (Å²) in [6.07, 6.45) is 0. The minimum Gasteiger partial charge on any atom is -0.352 e. The molecule has 0 unspecified atom stereocenters. The Morgan fingerprint density at radius 1 is 1.22 bits per heavy atom. The molecule has 4 nitrogen and oxygen atoms in total. The highest BCUT2D eigenvalue weighted by molar-refractivity contribution is 5.76. The number of rotatable bonds is 1. The smallest absolute Gasteiger partial charge is 0.150 e. The Hall–Kier alpha value is -1.68. The molecule has 0 spiro atoms. The van der Waals surface area contributed by atoms with E-state index < -0.39 is 0 Å². The van der Waals surface area contributed by atoms with Crippen LogP contribution in [-0.2, 0) is 0 Å². The van der Waals surface area contributed by atoms with E-state index in [-0.39, 0.29) is 0 Å². The number of hydrogen-bond donors (Lipinski definition) is 1. The van der Waals surface area contributed by atoms with Gasteiger partial charge in [0, 0.05) is 25.7 Å². The maximum atomic E-state index is 4.77. The van der Waals surface area contributed by atoms with E-state index in [9.17, 15) is 0 Å². The van der Waals surface area contributed by atoms with E-state index in [2.05, 4.69) is 22.1 Å². The topological polar surface area (TPSA) is 41.1 Å². The van der Waals surface area contributed by atoms with Crippen molar-refractivity contribution < 1.29 is 0 Å². The zero-order chi connectivity index (χ0) is 12.5. The molecule has 0 saturated carbocycles. The molecule has 3 rings (SSSR count). The zero-order valence-corrected chi connectivity index (χ0v) is 10.8. The first kappa shape index (κ1) is 11.4. The molecule has 0 amide bonds. The lowest BCUT2D eigenvalue weighted by atomic mass is 10.2. The minimum atomic E-state index is 0.506. The van der Waals surface area contributed by atoms with Gasteiger partial charge in [0.05, 0.1) is 16.7 Å². The molecule has 1 aromatic carbocycles. The van der Waals surface area contributed by atoms with Crippen molar-refractivity contribution in [3.63, 3.8) is 0 Å². The Bertz CT molecular complexity index is 567. The lowest BCUT2D eigenvalue weighted by Crippen LogP contribution is -2.49. The monoisotopic (exact) mass is 242 g/mol. The van der Waals surface area contributed by atoms with Gasteiger partial charge in [0.1, 0.15) is 0 Å². The molecule has 2 heterocycles. The molecule has 1 aliphatic rings. The van der Waals surface area contributed by atoms with Crippen LogP contribution in [0.4, 0.5) is 5.82 Å². The lowest BCUT2D eigenvalue weighted by Gasteiger charge is -2.33. The molecule has 1 atom stereocenters. The van der Waals surface area contributed by atoms with Gasteiger partial charge in [-0.25, -0.2) is 9.97 Å². The van der Waals surface area contributed by atoms with Crippen LogP contribution in [-0.4, -0.2) is 35.6 Å². The van der Waals surface area contributed by atoms with Crippen molar-refractivity contribution in [3.8, 4) is 0 Å². The molecule has 0 radical (unpaired) electrons. The first-order valence-corrected chi connectivity index (χ1v) is 6.46. The van der Waals surface area contributed by atoms with Crippen LogP contribution in [0.3, 0.4) is 0 Å². The summed E-state index contributed by atoms with van der Waals surface area (Å²) in [5, 5.41) is 3.45. The molecule has 1 fully saturated rings. The quantitative estimate of drug-likeness (QED) is 0.827. The molecule has 0 bridgehead atoms. The third-order valence-corrected chi connectivity index (χ3v) is 3.39. The fraction of sp³-hybridized carbons (Fsp3) is 0.429. The Balaban J connectivity index is 2.02. The minimum absolute atomic E-state index is 0.506. The van der Waals surface area contributed by atoms with Crippen LogP contribution >= 0.6 is 0 Å². The average molecular weight is 242 g/mol. The van der Waals surface area contributed by atoms with Crippen molar-refractivity contribution in [2.75, 3.05) is 24.5 Å². The zero-order valence-electron chi connectivity index (χ0n) is 10.8. The van der Waals surface area contributed by atoms with E-state index in [1.54, 1.807) is 0 Å². The van der Waals surface area contributed by atoms with Gasteiger partial charge in [0.15, 0.2) is 5.82 Å². The number of benzene rings is 1. The Morgan fingerprint density at radius 2 is 1.94 bits per heavy atom. The summed E-state index contributed by atoms with van der Waals surface area (Å²) in [5.41, 5.74) is 2.97. The predicted octanol–water partition coefficient (Wildman–Crippen LogP) is 1.74. The highest BCUT2D eigenvalue weighted by Crippen LogP contribution is 2.20. The van der Waals surface area contributed by atoms with Crippen molar-refractivity contribution >= 4 is 16.9 Å². The summed E-state index contributed by atoms with van der Waals surface area (Å²) in [4.78, 5) is 11.7. The van der Waals surface area contributed by atoms with E-state index in [1.165, 1.54) is 0 Å². The van der Waals surface area contributed by atoms with Crippen molar-refractivity contribution in [2.45, 2.75) is 19.9 Å². The van der Waals surface area contributed by atoms with Crippen molar-refractivity contribution in [3.05, 3.63) is 30.0 Å². The summed E-state index contributed by atoms with van der Waals surface area (Å²) in [6.45, 7) is 7.25. The number of para-hydroxylation sites is 2. The van der Waals surface area contributed by atoms with Crippen LogP contribution in [0.5, 0.6) is 0 Å². The molecular weight excluding hydrogens is 224 g/mol. The predicted molar refractivity (Wildman–Crippen MR) is 74.0 cm³/mol. The molecule has 1 aliphatic heterocycles. The highest BCUT2D eigenvalue weighted by atomic mass is 15.2. The van der Waals surface area contributed by atoms with Crippen LogP contribution in [0.15, 0.2) is 24.3 Å². The molecule has 1 saturated heterocycles. The Kier molecular flexibility index (Phi) is 2.88. The first-order chi connectivity index (χ1) is 8.74. The van der Waals surface area contributed by atoms with E-state index >= 15 is 0 Å². The second-order valence-corrected chi connectivity index (χ2v) is 4.92. The SMILES string of the molecule is Cc1nc2ccccc2nc1N1CCN[C@H](C)C1. The summed E-state index contributed by atoms with van der Waals surface area (Å²) < 4.78 is 0. The van der Waals surface area contributed by atoms with Crippen LogP contribution < -0.4 is 10.2 Å². The van der Waals surface area contributed by atoms with Gasteiger partial charge in [-0.2, -0.15) is 0 Å². The molecule has 0 aliphatic carbocycles. The number of piperazine rings is 1. The molecule has 18 heavy (non-hydrogen) atoms. The summed E-state index contributed by atoms with van der Waals surface area (Å²) in [5.74, 6) is 1.03. The van der Waals surface area contributed by atoms with Crippen LogP contribution in [0.25, 0.3) is 11.0 Å². The number of hydrogen-bond acceptors (Lipinski definition) is 4. The number of anilines is 1. The molecule has 2 aromatic rings. The van der Waals surface area contributed by atoms with Gasteiger partial charge >= 0.3 is 0 Å². The number of fused-ring (bicyclic) bond motifs is 1. The van der Waals surface area contributed by atoms with E-state index in [0.717, 1.165) is 42.2 Å². The molecular formula is C14H18N4. The Labute approximate surface area is 107 Å². The third kappa shape index (κ3) is 2.04. The van der Waals surface area contributed by atoms with E-state index in [4.69, 9.17) is 4.98 Å². The number of aromatic nitrogens is 2. The van der Waals surface area contributed by atoms with Gasteiger partial charge in [-0.15, -0.1) is 0 Å². The van der Waals surface area contributed by atoms with Crippen LogP contribution in [0, 0.1) is 6.92 Å². The summed E-state index contributed by atoms with van der Waals surface area (Å²) >= 11 is 0. The van der Waals surface area contributed by atoms with Crippen molar-refractivity contribution in [1.29, 1.82) is 0 Å². The van der Waals surface area contributed by atoms with Gasteiger partial charge in [-0.05, 0) is 26.0 Å². The fourth-order valence-corrected chi connectivity index (χ4v) is 2.50. The van der Waals surface area contributed by atoms with Gasteiger partial charge in [0.25, 0.3) is 0 Å². The summed E-state index contributed by atoms with van der Waals surface area (Å²) in [7, 11) is 0. The first-order valence-electron chi connectivity index (χ1n) is 6.46. The highest BCUT2D eigenvalue weighted by Gasteiger charge is 2.19. The van der Waals surface area contributed by atoms with Gasteiger partial charge in [0.2, 0.25) is 0 Å².